The van der Waals surface area contributed by atoms with Gasteiger partial charge in [-0.3, -0.25) is 0 Å². The van der Waals surface area contributed by atoms with E-state index in [4.69, 9.17) is 14.6 Å². The van der Waals surface area contributed by atoms with Crippen LogP contribution in [0.5, 0.6) is 11.5 Å². The van der Waals surface area contributed by atoms with Gasteiger partial charge in [0.05, 0.1) is 24.2 Å². The number of aliphatic hydroxyl groups is 1. The minimum atomic E-state index is 0.265. The summed E-state index contributed by atoms with van der Waals surface area (Å²) in [6, 6.07) is 38.0. The minimum absolute atomic E-state index is 0.265. The summed E-state index contributed by atoms with van der Waals surface area (Å²) < 4.78 is 16.3. The number of hydrogen-bond donors (Lipinski definition) is 1. The molecule has 0 aliphatic rings. The maximum absolute atomic E-state index is 8.74. The number of allylic oxidation sites excluding steroid dienone is 5. The fraction of sp³-hybridized carbons (Fsp3) is 0.261. The molecule has 6 aromatic rings. The first-order valence-corrected chi connectivity index (χ1v) is 18.2. The molecule has 4 aromatic carbocycles. The van der Waals surface area contributed by atoms with Gasteiger partial charge in [0.2, 0.25) is 0 Å². The molecule has 264 valence electrons. The Kier molecular flexibility index (Phi) is 14.4. The number of rotatable bonds is 17. The molecule has 0 spiro atoms. The third-order valence-corrected chi connectivity index (χ3v) is 8.91. The van der Waals surface area contributed by atoms with Gasteiger partial charge in [-0.15, -0.1) is 6.58 Å². The highest BCUT2D eigenvalue weighted by Gasteiger charge is 2.10. The van der Waals surface area contributed by atoms with Crippen LogP contribution in [0.25, 0.3) is 44.3 Å². The lowest BCUT2D eigenvalue weighted by Gasteiger charge is -2.07. The Morgan fingerprint density at radius 3 is 1.47 bits per heavy atom. The van der Waals surface area contributed by atoms with Crippen molar-refractivity contribution in [2.24, 2.45) is 14.1 Å². The van der Waals surface area contributed by atoms with Crippen molar-refractivity contribution in [3.63, 3.8) is 0 Å². The Labute approximate surface area is 303 Å². The summed E-state index contributed by atoms with van der Waals surface area (Å²) >= 11 is 0. The molecule has 0 saturated heterocycles. The van der Waals surface area contributed by atoms with Gasteiger partial charge in [-0.25, -0.2) is 0 Å². The molecule has 6 rings (SSSR count). The fourth-order valence-electron chi connectivity index (χ4n) is 6.11. The predicted octanol–water partition coefficient (Wildman–Crippen LogP) is 11.5. The lowest BCUT2D eigenvalue weighted by molar-refractivity contribution is 0.289. The molecular weight excluding hydrogens is 629 g/mol. The van der Waals surface area contributed by atoms with Gasteiger partial charge in [-0.1, -0.05) is 91.0 Å². The summed E-state index contributed by atoms with van der Waals surface area (Å²) in [5.41, 5.74) is 7.27. The van der Waals surface area contributed by atoms with Crippen molar-refractivity contribution in [1.29, 1.82) is 0 Å². The van der Waals surface area contributed by atoms with Crippen LogP contribution in [0.1, 0.15) is 44.9 Å². The first-order valence-electron chi connectivity index (χ1n) is 18.2. The van der Waals surface area contributed by atoms with Crippen molar-refractivity contribution < 1.29 is 14.6 Å². The lowest BCUT2D eigenvalue weighted by atomic mass is 10.1. The molecule has 5 heteroatoms. The van der Waals surface area contributed by atoms with Crippen LogP contribution in [0.4, 0.5) is 0 Å². The van der Waals surface area contributed by atoms with Gasteiger partial charge in [0.1, 0.15) is 11.5 Å². The van der Waals surface area contributed by atoms with Crippen molar-refractivity contribution in [2.45, 2.75) is 44.9 Å². The summed E-state index contributed by atoms with van der Waals surface area (Å²) in [6.07, 6.45) is 17.4. The second kappa shape index (κ2) is 19.8. The number of fused-ring (bicyclic) bond motifs is 2. The minimum Gasteiger partial charge on any atom is -0.494 e. The third-order valence-electron chi connectivity index (χ3n) is 8.91. The number of unbranched alkanes of at least 4 members (excludes halogenated alkanes) is 3. The van der Waals surface area contributed by atoms with E-state index in [1.807, 2.05) is 24.3 Å². The van der Waals surface area contributed by atoms with E-state index < -0.39 is 0 Å². The van der Waals surface area contributed by atoms with Crippen molar-refractivity contribution in [3.8, 4) is 34.0 Å². The van der Waals surface area contributed by atoms with E-state index >= 15 is 0 Å². The molecule has 0 saturated carbocycles. The van der Waals surface area contributed by atoms with Crippen LogP contribution in [0.15, 0.2) is 146 Å². The van der Waals surface area contributed by atoms with E-state index in [0.717, 1.165) is 63.1 Å². The number of aromatic nitrogens is 2. The molecule has 2 heterocycles. The fourth-order valence-corrected chi connectivity index (χ4v) is 6.11. The van der Waals surface area contributed by atoms with Gasteiger partial charge in [0, 0.05) is 55.0 Å². The van der Waals surface area contributed by atoms with Crippen molar-refractivity contribution in [1.82, 2.24) is 9.13 Å². The first-order chi connectivity index (χ1) is 25.1. The molecule has 0 amide bonds. The summed E-state index contributed by atoms with van der Waals surface area (Å²) in [5, 5.41) is 11.2. The molecule has 5 nitrogen and oxygen atoms in total. The largest absolute Gasteiger partial charge is 0.494 e. The molecule has 0 atom stereocenters. The summed E-state index contributed by atoms with van der Waals surface area (Å²) in [7, 11) is 4.21. The smallest absolute Gasteiger partial charge is 0.121 e. The molecule has 2 aromatic heterocycles. The average molecular weight is 681 g/mol. The quantitative estimate of drug-likeness (QED) is 0.0770. The Bertz CT molecular complexity index is 2000. The van der Waals surface area contributed by atoms with Gasteiger partial charge in [-0.2, -0.15) is 0 Å². The molecule has 0 radical (unpaired) electrons. The number of aryl methyl sites for hydroxylation is 2. The SMILES string of the molecule is C=CC/C=C/CCCOc1ccc2cc(-c3ccccc3)n(C)c2c1.Cn1c(-c2ccccc2)cc2ccc(OCCC/C=C/CCCO)cc21. The lowest BCUT2D eigenvalue weighted by Crippen LogP contribution is -1.97. The zero-order chi connectivity index (χ0) is 35.7. The Hall–Kier alpha value is -5.26. The average Bonchev–Trinajstić information content (AvgIpc) is 3.68. The molecule has 0 aliphatic heterocycles. The number of nitrogens with zero attached hydrogens (tertiary/aromatic N) is 2. The molecule has 1 N–H and O–H groups in total. The Morgan fingerprint density at radius 1 is 0.569 bits per heavy atom. The molecule has 0 fully saturated rings. The highest BCUT2D eigenvalue weighted by atomic mass is 16.5. The standard InChI is InChI=1S/C23H27NO2.C23H25NO/c1-24-22(19-11-7-6-8-12-19)17-20-13-14-21(18-23(20)24)26-16-10-5-3-2-4-9-15-25;1-3-4-5-6-7-11-16-25-21-15-14-20-17-22(24(2)23(20)18-21)19-12-9-8-10-13-19/h2-3,6-8,11-14,17-18,25H,4-5,9-10,15-16H2,1H3;3,5-6,8-10,12-15,17-18H,1,4,7,11,16H2,2H3/b3-2+;6-5+. The molecular formula is C46H52N2O3. The zero-order valence-corrected chi connectivity index (χ0v) is 30.2. The predicted molar refractivity (Wildman–Crippen MR) is 216 cm³/mol. The van der Waals surface area contributed by atoms with Crippen LogP contribution < -0.4 is 9.47 Å². The van der Waals surface area contributed by atoms with Crippen LogP contribution in [0, 0.1) is 0 Å². The van der Waals surface area contributed by atoms with E-state index in [1.54, 1.807) is 0 Å². The van der Waals surface area contributed by atoms with E-state index in [-0.39, 0.29) is 6.61 Å². The van der Waals surface area contributed by atoms with Crippen LogP contribution in [-0.4, -0.2) is 34.1 Å². The third kappa shape index (κ3) is 10.6. The summed E-state index contributed by atoms with van der Waals surface area (Å²) in [5.74, 6) is 1.85. The molecule has 0 bridgehead atoms. The zero-order valence-electron chi connectivity index (χ0n) is 30.2. The summed E-state index contributed by atoms with van der Waals surface area (Å²) in [4.78, 5) is 0. The molecule has 0 unspecified atom stereocenters. The topological polar surface area (TPSA) is 48.5 Å². The second-order valence-electron chi connectivity index (χ2n) is 12.7. The number of benzene rings is 4. The normalized spacial score (nSPS) is 11.4. The number of hydrogen-bond acceptors (Lipinski definition) is 3. The highest BCUT2D eigenvalue weighted by Crippen LogP contribution is 2.31. The highest BCUT2D eigenvalue weighted by molar-refractivity contribution is 5.89. The van der Waals surface area contributed by atoms with Crippen molar-refractivity contribution in [2.75, 3.05) is 19.8 Å². The Morgan fingerprint density at radius 2 is 1.02 bits per heavy atom. The first kappa shape index (κ1) is 37.0. The van der Waals surface area contributed by atoms with Crippen LogP contribution in [0.2, 0.25) is 0 Å². The van der Waals surface area contributed by atoms with E-state index in [1.165, 1.54) is 44.3 Å². The van der Waals surface area contributed by atoms with Crippen LogP contribution in [-0.2, 0) is 14.1 Å². The maximum Gasteiger partial charge on any atom is 0.121 e. The van der Waals surface area contributed by atoms with Gasteiger partial charge in [0.15, 0.2) is 0 Å². The van der Waals surface area contributed by atoms with Crippen molar-refractivity contribution >= 4 is 21.8 Å². The summed E-state index contributed by atoms with van der Waals surface area (Å²) in [6.45, 7) is 5.42. The molecule has 51 heavy (non-hydrogen) atoms. The van der Waals surface area contributed by atoms with Gasteiger partial charge >= 0.3 is 0 Å². The maximum atomic E-state index is 8.74. The molecule has 0 aliphatic carbocycles. The van der Waals surface area contributed by atoms with Crippen LogP contribution >= 0.6 is 0 Å². The Balaban J connectivity index is 0.000000198. The van der Waals surface area contributed by atoms with Gasteiger partial charge in [0.25, 0.3) is 0 Å². The van der Waals surface area contributed by atoms with Gasteiger partial charge < -0.3 is 23.7 Å². The van der Waals surface area contributed by atoms with Crippen LogP contribution in [0.3, 0.4) is 0 Å². The van der Waals surface area contributed by atoms with Gasteiger partial charge in [-0.05, 0) is 92.5 Å². The monoisotopic (exact) mass is 680 g/mol. The van der Waals surface area contributed by atoms with Crippen molar-refractivity contribution in [3.05, 3.63) is 146 Å². The van der Waals surface area contributed by atoms with E-state index in [9.17, 15) is 0 Å². The van der Waals surface area contributed by atoms with E-state index in [2.05, 4.69) is 145 Å². The van der Waals surface area contributed by atoms with E-state index in [0.29, 0.717) is 6.61 Å². The second-order valence-corrected chi connectivity index (χ2v) is 12.7. The number of aliphatic hydroxyl groups excluding tert-OH is 1. The number of ether oxygens (including phenoxy) is 2.